The van der Waals surface area contributed by atoms with Gasteiger partial charge in [-0.3, -0.25) is 4.79 Å². The Morgan fingerprint density at radius 1 is 1.33 bits per heavy atom. The van der Waals surface area contributed by atoms with Crippen molar-refractivity contribution in [2.45, 2.75) is 33.2 Å². The average molecular weight is 289 g/mol. The van der Waals surface area contributed by atoms with Crippen LogP contribution in [-0.2, 0) is 11.3 Å². The lowest BCUT2D eigenvalue weighted by Crippen LogP contribution is -2.40. The number of piperidine rings is 1. The minimum absolute atomic E-state index is 0.175. The zero-order chi connectivity index (χ0) is 15.2. The molecule has 0 unspecified atom stereocenters. The van der Waals surface area contributed by atoms with Gasteiger partial charge in [0.05, 0.1) is 0 Å². The van der Waals surface area contributed by atoms with Crippen molar-refractivity contribution in [2.75, 3.05) is 31.6 Å². The van der Waals surface area contributed by atoms with E-state index in [0.29, 0.717) is 0 Å². The van der Waals surface area contributed by atoms with Gasteiger partial charge in [0.1, 0.15) is 0 Å². The first-order valence-corrected chi connectivity index (χ1v) is 7.92. The zero-order valence-electron chi connectivity index (χ0n) is 13.4. The highest BCUT2D eigenvalue weighted by Gasteiger charge is 2.25. The van der Waals surface area contributed by atoms with Crippen LogP contribution in [0.3, 0.4) is 0 Å². The van der Waals surface area contributed by atoms with Crippen LogP contribution in [0.4, 0.5) is 5.69 Å². The molecule has 1 aliphatic rings. The summed E-state index contributed by atoms with van der Waals surface area (Å²) in [6.45, 7) is 8.07. The molecule has 1 saturated heterocycles. The molecule has 116 valence electrons. The Kier molecular flexibility index (Phi) is 5.62. The van der Waals surface area contributed by atoms with Gasteiger partial charge in [0, 0.05) is 38.3 Å². The van der Waals surface area contributed by atoms with E-state index >= 15 is 0 Å². The van der Waals surface area contributed by atoms with Crippen LogP contribution >= 0.6 is 0 Å². The van der Waals surface area contributed by atoms with Crippen molar-refractivity contribution in [1.82, 2.24) is 10.6 Å². The molecule has 0 radical (unpaired) electrons. The van der Waals surface area contributed by atoms with Crippen LogP contribution in [0.2, 0.25) is 0 Å². The van der Waals surface area contributed by atoms with E-state index in [1.807, 2.05) is 0 Å². The molecule has 4 nitrogen and oxygen atoms in total. The number of rotatable bonds is 5. The maximum absolute atomic E-state index is 11.7. The predicted molar refractivity (Wildman–Crippen MR) is 87.6 cm³/mol. The first kappa shape index (κ1) is 15.8. The molecule has 4 heteroatoms. The van der Waals surface area contributed by atoms with Gasteiger partial charge >= 0.3 is 0 Å². The molecule has 1 aromatic rings. The number of amides is 1. The molecule has 1 aromatic carbocycles. The second-order valence-corrected chi connectivity index (χ2v) is 5.79. The van der Waals surface area contributed by atoms with Crippen molar-refractivity contribution in [3.63, 3.8) is 0 Å². The standard InChI is InChI=1S/C17H27N3O/c1-4-19-12-15-11-13(2)5-6-16(15)20-9-7-14(8-10-20)17(21)18-3/h5-6,11,14,19H,4,7-10,12H2,1-3H3,(H,18,21). The van der Waals surface area contributed by atoms with Crippen LogP contribution in [0.15, 0.2) is 18.2 Å². The van der Waals surface area contributed by atoms with Gasteiger partial charge in [-0.2, -0.15) is 0 Å². The summed E-state index contributed by atoms with van der Waals surface area (Å²) < 4.78 is 0. The number of anilines is 1. The van der Waals surface area contributed by atoms with E-state index in [4.69, 9.17) is 0 Å². The van der Waals surface area contributed by atoms with Gasteiger partial charge in [0.15, 0.2) is 0 Å². The van der Waals surface area contributed by atoms with Gasteiger partial charge in [-0.05, 0) is 37.9 Å². The third-order valence-corrected chi connectivity index (χ3v) is 4.25. The van der Waals surface area contributed by atoms with Crippen LogP contribution < -0.4 is 15.5 Å². The van der Waals surface area contributed by atoms with Crippen molar-refractivity contribution in [3.8, 4) is 0 Å². The van der Waals surface area contributed by atoms with Gasteiger partial charge in [-0.1, -0.05) is 24.6 Å². The highest BCUT2D eigenvalue weighted by atomic mass is 16.1. The van der Waals surface area contributed by atoms with Crippen LogP contribution in [-0.4, -0.2) is 32.6 Å². The Labute approximate surface area is 127 Å². The maximum Gasteiger partial charge on any atom is 0.222 e. The van der Waals surface area contributed by atoms with Crippen LogP contribution in [0, 0.1) is 12.8 Å². The molecule has 0 spiro atoms. The molecule has 1 aliphatic heterocycles. The Morgan fingerprint density at radius 3 is 2.67 bits per heavy atom. The van der Waals surface area contributed by atoms with E-state index in [1.165, 1.54) is 16.8 Å². The summed E-state index contributed by atoms with van der Waals surface area (Å²) >= 11 is 0. The first-order valence-electron chi connectivity index (χ1n) is 7.92. The summed E-state index contributed by atoms with van der Waals surface area (Å²) in [5, 5.41) is 6.19. The average Bonchev–Trinajstić information content (AvgIpc) is 2.52. The van der Waals surface area contributed by atoms with Crippen molar-refractivity contribution >= 4 is 11.6 Å². The van der Waals surface area contributed by atoms with E-state index in [2.05, 4.69) is 47.6 Å². The molecule has 0 aromatic heterocycles. The number of nitrogens with one attached hydrogen (secondary N) is 2. The van der Waals surface area contributed by atoms with E-state index in [1.54, 1.807) is 7.05 Å². The van der Waals surface area contributed by atoms with Crippen molar-refractivity contribution in [1.29, 1.82) is 0 Å². The summed E-state index contributed by atoms with van der Waals surface area (Å²) in [5.41, 5.74) is 3.97. The highest BCUT2D eigenvalue weighted by Crippen LogP contribution is 2.27. The lowest BCUT2D eigenvalue weighted by atomic mass is 9.95. The first-order chi connectivity index (χ1) is 10.2. The smallest absolute Gasteiger partial charge is 0.222 e. The topological polar surface area (TPSA) is 44.4 Å². The molecule has 0 aliphatic carbocycles. The molecule has 2 N–H and O–H groups in total. The van der Waals surface area contributed by atoms with Gasteiger partial charge in [-0.15, -0.1) is 0 Å². The molecular weight excluding hydrogens is 262 g/mol. The molecule has 1 heterocycles. The Balaban J connectivity index is 2.07. The fourth-order valence-electron chi connectivity index (χ4n) is 3.01. The fourth-order valence-corrected chi connectivity index (χ4v) is 3.01. The molecule has 0 atom stereocenters. The minimum Gasteiger partial charge on any atom is -0.371 e. The minimum atomic E-state index is 0.175. The molecular formula is C17H27N3O. The van der Waals surface area contributed by atoms with Crippen molar-refractivity contribution in [2.24, 2.45) is 5.92 Å². The number of aryl methyl sites for hydroxylation is 1. The Bertz CT molecular complexity index is 479. The van der Waals surface area contributed by atoms with Gasteiger partial charge in [0.25, 0.3) is 0 Å². The highest BCUT2D eigenvalue weighted by molar-refractivity contribution is 5.78. The van der Waals surface area contributed by atoms with Gasteiger partial charge < -0.3 is 15.5 Å². The largest absolute Gasteiger partial charge is 0.371 e. The summed E-state index contributed by atoms with van der Waals surface area (Å²) in [6.07, 6.45) is 1.88. The summed E-state index contributed by atoms with van der Waals surface area (Å²) in [6, 6.07) is 6.67. The van der Waals surface area contributed by atoms with Crippen LogP contribution in [0.5, 0.6) is 0 Å². The van der Waals surface area contributed by atoms with Crippen LogP contribution in [0.1, 0.15) is 30.9 Å². The normalized spacial score (nSPS) is 16.0. The molecule has 0 bridgehead atoms. The van der Waals surface area contributed by atoms with Crippen molar-refractivity contribution in [3.05, 3.63) is 29.3 Å². The second kappa shape index (κ2) is 7.46. The predicted octanol–water partition coefficient (Wildman–Crippen LogP) is 2.07. The van der Waals surface area contributed by atoms with E-state index in [9.17, 15) is 4.79 Å². The van der Waals surface area contributed by atoms with E-state index in [-0.39, 0.29) is 11.8 Å². The zero-order valence-corrected chi connectivity index (χ0v) is 13.4. The summed E-state index contributed by atoms with van der Waals surface area (Å²) in [5.74, 6) is 0.361. The number of benzene rings is 1. The molecule has 0 saturated carbocycles. The van der Waals surface area contributed by atoms with Crippen LogP contribution in [0.25, 0.3) is 0 Å². The SMILES string of the molecule is CCNCc1cc(C)ccc1N1CCC(C(=O)NC)CC1. The monoisotopic (exact) mass is 289 g/mol. The number of carbonyl (C=O) groups is 1. The molecule has 21 heavy (non-hydrogen) atoms. The Morgan fingerprint density at radius 2 is 2.05 bits per heavy atom. The summed E-state index contributed by atoms with van der Waals surface area (Å²) in [4.78, 5) is 14.1. The third kappa shape index (κ3) is 3.97. The fraction of sp³-hybridized carbons (Fsp3) is 0.588. The van der Waals surface area contributed by atoms with E-state index < -0.39 is 0 Å². The lowest BCUT2D eigenvalue weighted by Gasteiger charge is -2.34. The quantitative estimate of drug-likeness (QED) is 0.872. The number of carbonyl (C=O) groups excluding carboxylic acids is 1. The lowest BCUT2D eigenvalue weighted by molar-refractivity contribution is -0.125. The number of nitrogens with zero attached hydrogens (tertiary/aromatic N) is 1. The molecule has 1 amide bonds. The number of hydrogen-bond donors (Lipinski definition) is 2. The van der Waals surface area contributed by atoms with Gasteiger partial charge in [0.2, 0.25) is 5.91 Å². The maximum atomic E-state index is 11.7. The van der Waals surface area contributed by atoms with Crippen molar-refractivity contribution < 1.29 is 4.79 Å². The molecule has 2 rings (SSSR count). The molecule has 1 fully saturated rings. The summed E-state index contributed by atoms with van der Waals surface area (Å²) in [7, 11) is 1.73. The Hall–Kier alpha value is -1.55. The number of hydrogen-bond acceptors (Lipinski definition) is 3. The second-order valence-electron chi connectivity index (χ2n) is 5.79. The third-order valence-electron chi connectivity index (χ3n) is 4.25. The van der Waals surface area contributed by atoms with E-state index in [0.717, 1.165) is 39.0 Å². The van der Waals surface area contributed by atoms with Gasteiger partial charge in [-0.25, -0.2) is 0 Å².